The number of aromatic carboxylic acids is 1. The van der Waals surface area contributed by atoms with Gasteiger partial charge in [-0.25, -0.2) is 14.5 Å². The van der Waals surface area contributed by atoms with Crippen LogP contribution >= 0.6 is 0 Å². The largest absolute Gasteiger partial charge is 0.475 e. The van der Waals surface area contributed by atoms with E-state index in [1.807, 2.05) is 0 Å². The normalized spacial score (nSPS) is 16.7. The maximum absolute atomic E-state index is 10.3. The van der Waals surface area contributed by atoms with Gasteiger partial charge in [-0.05, 0) is 12.8 Å². The summed E-state index contributed by atoms with van der Waals surface area (Å²) in [5.74, 6) is -1.18. The van der Waals surface area contributed by atoms with Crippen molar-refractivity contribution >= 4 is 5.97 Å². The van der Waals surface area contributed by atoms with Crippen molar-refractivity contribution in [2.75, 3.05) is 0 Å². The molecule has 0 atom stereocenters. The molecular formula is C6H7N3O2. The summed E-state index contributed by atoms with van der Waals surface area (Å²) >= 11 is 0. The maximum atomic E-state index is 10.3. The Labute approximate surface area is 62.7 Å². The zero-order valence-electron chi connectivity index (χ0n) is 5.77. The second kappa shape index (κ2) is 2.05. The van der Waals surface area contributed by atoms with Gasteiger partial charge in [-0.3, -0.25) is 0 Å². The van der Waals surface area contributed by atoms with Gasteiger partial charge in [-0.15, -0.1) is 5.10 Å². The molecule has 0 bridgehead atoms. The molecule has 1 aliphatic rings. The molecule has 0 amide bonds. The van der Waals surface area contributed by atoms with Crippen molar-refractivity contribution in [2.45, 2.75) is 18.9 Å². The zero-order valence-corrected chi connectivity index (χ0v) is 5.77. The Morgan fingerprint density at radius 1 is 1.73 bits per heavy atom. The van der Waals surface area contributed by atoms with E-state index in [9.17, 15) is 4.79 Å². The van der Waals surface area contributed by atoms with E-state index in [2.05, 4.69) is 10.1 Å². The fraction of sp³-hybridized carbons (Fsp3) is 0.500. The van der Waals surface area contributed by atoms with Crippen molar-refractivity contribution in [2.24, 2.45) is 0 Å². The number of hydrogen-bond acceptors (Lipinski definition) is 3. The van der Waals surface area contributed by atoms with E-state index in [0.717, 1.165) is 12.8 Å². The fourth-order valence-corrected chi connectivity index (χ4v) is 0.888. The molecule has 5 nitrogen and oxygen atoms in total. The number of nitrogens with zero attached hydrogens (tertiary/aromatic N) is 3. The van der Waals surface area contributed by atoms with Crippen molar-refractivity contribution in [3.8, 4) is 0 Å². The zero-order chi connectivity index (χ0) is 7.84. The molecule has 1 aromatic rings. The molecule has 2 rings (SSSR count). The Morgan fingerprint density at radius 2 is 2.45 bits per heavy atom. The molecule has 5 heteroatoms. The van der Waals surface area contributed by atoms with Crippen molar-refractivity contribution in [1.29, 1.82) is 0 Å². The third-order valence-electron chi connectivity index (χ3n) is 1.62. The minimum atomic E-state index is -1.07. The van der Waals surface area contributed by atoms with Gasteiger partial charge in [0.05, 0.1) is 6.04 Å². The van der Waals surface area contributed by atoms with Crippen LogP contribution in [0, 0.1) is 0 Å². The van der Waals surface area contributed by atoms with Gasteiger partial charge < -0.3 is 5.11 Å². The number of carboxylic acids is 1. The van der Waals surface area contributed by atoms with Crippen LogP contribution in [0.4, 0.5) is 0 Å². The van der Waals surface area contributed by atoms with Crippen molar-refractivity contribution < 1.29 is 9.90 Å². The first-order valence-corrected chi connectivity index (χ1v) is 3.42. The van der Waals surface area contributed by atoms with Gasteiger partial charge in [-0.2, -0.15) is 0 Å². The number of aromatic nitrogens is 3. The molecule has 58 valence electrons. The third kappa shape index (κ3) is 1.09. The van der Waals surface area contributed by atoms with Crippen LogP contribution in [-0.2, 0) is 0 Å². The summed E-state index contributed by atoms with van der Waals surface area (Å²) in [7, 11) is 0. The van der Waals surface area contributed by atoms with Gasteiger partial charge in [0.2, 0.25) is 0 Å². The summed E-state index contributed by atoms with van der Waals surface area (Å²) in [5, 5.41) is 12.2. The summed E-state index contributed by atoms with van der Waals surface area (Å²) in [5.41, 5.74) is 0. The molecule has 1 fully saturated rings. The van der Waals surface area contributed by atoms with Crippen molar-refractivity contribution in [3.63, 3.8) is 0 Å². The molecular weight excluding hydrogens is 146 g/mol. The monoisotopic (exact) mass is 153 g/mol. The third-order valence-corrected chi connectivity index (χ3v) is 1.62. The molecule has 0 unspecified atom stereocenters. The first-order chi connectivity index (χ1) is 5.27. The summed E-state index contributed by atoms with van der Waals surface area (Å²) in [6.07, 6.45) is 3.64. The summed E-state index contributed by atoms with van der Waals surface area (Å²) in [6.45, 7) is 0. The lowest BCUT2D eigenvalue weighted by atomic mass is 10.7. The predicted molar refractivity (Wildman–Crippen MR) is 35.3 cm³/mol. The smallest absolute Gasteiger partial charge is 0.375 e. The highest BCUT2D eigenvalue weighted by molar-refractivity contribution is 5.82. The lowest BCUT2D eigenvalue weighted by molar-refractivity contribution is 0.0683. The van der Waals surface area contributed by atoms with Crippen LogP contribution < -0.4 is 0 Å². The molecule has 0 radical (unpaired) electrons. The molecule has 1 aliphatic carbocycles. The molecule has 0 aliphatic heterocycles. The van der Waals surface area contributed by atoms with Gasteiger partial charge >= 0.3 is 5.97 Å². The molecule has 1 aromatic heterocycles. The molecule has 1 N–H and O–H groups in total. The van der Waals surface area contributed by atoms with Gasteiger partial charge in [-0.1, -0.05) is 0 Å². The second-order valence-electron chi connectivity index (χ2n) is 2.58. The van der Waals surface area contributed by atoms with Gasteiger partial charge in [0.25, 0.3) is 5.82 Å². The Balaban J connectivity index is 2.25. The van der Waals surface area contributed by atoms with E-state index in [-0.39, 0.29) is 5.82 Å². The van der Waals surface area contributed by atoms with E-state index < -0.39 is 5.97 Å². The second-order valence-corrected chi connectivity index (χ2v) is 2.58. The summed E-state index contributed by atoms with van der Waals surface area (Å²) in [6, 6.07) is 0.399. The van der Waals surface area contributed by atoms with Gasteiger partial charge in [0.15, 0.2) is 0 Å². The van der Waals surface area contributed by atoms with E-state index in [0.29, 0.717) is 6.04 Å². The predicted octanol–water partition coefficient (Wildman–Crippen LogP) is 0.311. The van der Waals surface area contributed by atoms with Crippen LogP contribution in [0.2, 0.25) is 0 Å². The van der Waals surface area contributed by atoms with Crippen LogP contribution in [-0.4, -0.2) is 25.8 Å². The number of carboxylic acid groups (broad SMARTS) is 1. The molecule has 11 heavy (non-hydrogen) atoms. The van der Waals surface area contributed by atoms with Crippen LogP contribution in [0.25, 0.3) is 0 Å². The lowest BCUT2D eigenvalue weighted by Gasteiger charge is -1.90. The lowest BCUT2D eigenvalue weighted by Crippen LogP contribution is -2.01. The van der Waals surface area contributed by atoms with Crippen LogP contribution in [0.1, 0.15) is 29.5 Å². The van der Waals surface area contributed by atoms with Gasteiger partial charge in [0, 0.05) is 0 Å². The first-order valence-electron chi connectivity index (χ1n) is 3.42. The van der Waals surface area contributed by atoms with Gasteiger partial charge in [0.1, 0.15) is 6.33 Å². The van der Waals surface area contributed by atoms with Crippen LogP contribution in [0.3, 0.4) is 0 Å². The summed E-state index contributed by atoms with van der Waals surface area (Å²) in [4.78, 5) is 13.9. The SMILES string of the molecule is O=C(O)c1ncn(C2CC2)n1. The first kappa shape index (κ1) is 6.33. The highest BCUT2D eigenvalue weighted by atomic mass is 16.4. The molecule has 1 heterocycles. The standard InChI is InChI=1S/C6H7N3O2/c10-6(11)5-7-3-9(8-5)4-1-2-4/h3-4H,1-2H2,(H,10,11). The Morgan fingerprint density at radius 3 is 2.91 bits per heavy atom. The summed E-state index contributed by atoms with van der Waals surface area (Å²) < 4.78 is 1.61. The Bertz CT molecular complexity index is 290. The quantitative estimate of drug-likeness (QED) is 0.664. The molecule has 0 aromatic carbocycles. The van der Waals surface area contributed by atoms with E-state index in [1.54, 1.807) is 4.68 Å². The van der Waals surface area contributed by atoms with Crippen LogP contribution in [0.15, 0.2) is 6.33 Å². The fourth-order valence-electron chi connectivity index (χ4n) is 0.888. The highest BCUT2D eigenvalue weighted by Gasteiger charge is 2.25. The minimum absolute atomic E-state index is 0.114. The number of rotatable bonds is 2. The minimum Gasteiger partial charge on any atom is -0.475 e. The maximum Gasteiger partial charge on any atom is 0.375 e. The van der Waals surface area contributed by atoms with Crippen molar-refractivity contribution in [1.82, 2.24) is 14.8 Å². The molecule has 1 saturated carbocycles. The Hall–Kier alpha value is -1.39. The average molecular weight is 153 g/mol. The average Bonchev–Trinajstić information content (AvgIpc) is 2.68. The van der Waals surface area contributed by atoms with E-state index in [1.165, 1.54) is 6.33 Å². The van der Waals surface area contributed by atoms with Crippen LogP contribution in [0.5, 0.6) is 0 Å². The number of carbonyl (C=O) groups is 1. The number of hydrogen-bond donors (Lipinski definition) is 1. The molecule has 0 spiro atoms. The van der Waals surface area contributed by atoms with E-state index >= 15 is 0 Å². The Kier molecular flexibility index (Phi) is 1.18. The molecule has 0 saturated heterocycles. The van der Waals surface area contributed by atoms with E-state index in [4.69, 9.17) is 5.11 Å². The topological polar surface area (TPSA) is 68.0 Å². The van der Waals surface area contributed by atoms with Crippen molar-refractivity contribution in [3.05, 3.63) is 12.2 Å². The highest BCUT2D eigenvalue weighted by Crippen LogP contribution is 2.33.